The SMILES string of the molecule is CCCCCCCCCCCCCCCCOC(=O)CCOC(=O)CCS(=O)(=O)O. The molecule has 0 bridgehead atoms. The average molecular weight is 451 g/mol. The molecule has 0 aromatic rings. The second kappa shape index (κ2) is 19.8. The quantitative estimate of drug-likeness (QED) is 0.145. The predicted molar refractivity (Wildman–Crippen MR) is 118 cm³/mol. The first kappa shape index (κ1) is 28.9. The second-order valence-electron chi connectivity index (χ2n) is 7.82. The van der Waals surface area contributed by atoms with E-state index in [0.717, 1.165) is 19.3 Å². The van der Waals surface area contributed by atoms with Gasteiger partial charge >= 0.3 is 11.9 Å². The van der Waals surface area contributed by atoms with Crippen molar-refractivity contribution in [2.75, 3.05) is 19.0 Å². The van der Waals surface area contributed by atoms with E-state index in [1.807, 2.05) is 0 Å². The van der Waals surface area contributed by atoms with Crippen LogP contribution in [0.5, 0.6) is 0 Å². The van der Waals surface area contributed by atoms with Crippen molar-refractivity contribution in [2.45, 2.75) is 110 Å². The van der Waals surface area contributed by atoms with Crippen LogP contribution < -0.4 is 0 Å². The summed E-state index contributed by atoms with van der Waals surface area (Å²) in [7, 11) is -4.19. The molecule has 1 N–H and O–H groups in total. The zero-order valence-corrected chi connectivity index (χ0v) is 19.6. The van der Waals surface area contributed by atoms with Gasteiger partial charge in [0.05, 0.1) is 25.2 Å². The van der Waals surface area contributed by atoms with Crippen LogP contribution in [0, 0.1) is 0 Å². The summed E-state index contributed by atoms with van der Waals surface area (Å²) in [6.45, 7) is 2.47. The molecule has 0 aromatic carbocycles. The van der Waals surface area contributed by atoms with Gasteiger partial charge in [-0.25, -0.2) is 0 Å². The Bertz CT molecular complexity index is 532. The molecule has 7 nitrogen and oxygen atoms in total. The Labute approximate surface area is 183 Å². The molecule has 0 aliphatic heterocycles. The van der Waals surface area contributed by atoms with Gasteiger partial charge in [-0.2, -0.15) is 8.42 Å². The van der Waals surface area contributed by atoms with E-state index < -0.39 is 34.2 Å². The number of hydrogen-bond donors (Lipinski definition) is 1. The van der Waals surface area contributed by atoms with Gasteiger partial charge < -0.3 is 9.47 Å². The third kappa shape index (κ3) is 23.1. The van der Waals surface area contributed by atoms with Gasteiger partial charge in [-0.05, 0) is 6.42 Å². The van der Waals surface area contributed by atoms with Crippen LogP contribution in [0.2, 0.25) is 0 Å². The summed E-state index contributed by atoms with van der Waals surface area (Å²) in [5, 5.41) is 0. The number of hydrogen-bond acceptors (Lipinski definition) is 6. The predicted octanol–water partition coefficient (Wildman–Crippen LogP) is 5.22. The molecule has 0 heterocycles. The number of carbonyl (C=O) groups is 2. The van der Waals surface area contributed by atoms with Crippen LogP contribution in [0.3, 0.4) is 0 Å². The van der Waals surface area contributed by atoms with Crippen LogP contribution in [0.1, 0.15) is 110 Å². The van der Waals surface area contributed by atoms with E-state index in [4.69, 9.17) is 14.0 Å². The minimum Gasteiger partial charge on any atom is -0.466 e. The summed E-state index contributed by atoms with van der Waals surface area (Å²) in [6.07, 6.45) is 17.3. The highest BCUT2D eigenvalue weighted by Gasteiger charge is 2.11. The Morgan fingerprint density at radius 3 is 1.50 bits per heavy atom. The third-order valence-corrected chi connectivity index (χ3v) is 5.61. The first-order chi connectivity index (χ1) is 14.3. The van der Waals surface area contributed by atoms with Crippen LogP contribution in [0.4, 0.5) is 0 Å². The molecule has 0 saturated carbocycles. The lowest BCUT2D eigenvalue weighted by Gasteiger charge is -2.06. The van der Waals surface area contributed by atoms with E-state index in [-0.39, 0.29) is 13.0 Å². The number of unbranched alkanes of at least 4 members (excludes halogenated alkanes) is 13. The molecule has 0 aliphatic carbocycles. The maximum atomic E-state index is 11.5. The van der Waals surface area contributed by atoms with E-state index in [1.54, 1.807) is 0 Å². The van der Waals surface area contributed by atoms with Crippen LogP contribution in [0.25, 0.3) is 0 Å². The van der Waals surface area contributed by atoms with E-state index in [2.05, 4.69) is 6.92 Å². The smallest absolute Gasteiger partial charge is 0.309 e. The molecule has 0 spiro atoms. The lowest BCUT2D eigenvalue weighted by molar-refractivity contribution is -0.149. The zero-order valence-electron chi connectivity index (χ0n) is 18.7. The fraction of sp³-hybridized carbons (Fsp3) is 0.909. The molecular weight excluding hydrogens is 408 g/mol. The molecule has 0 aromatic heterocycles. The summed E-state index contributed by atoms with van der Waals surface area (Å²) in [5.74, 6) is -1.89. The van der Waals surface area contributed by atoms with Crippen molar-refractivity contribution in [1.29, 1.82) is 0 Å². The largest absolute Gasteiger partial charge is 0.466 e. The van der Waals surface area contributed by atoms with Crippen LogP contribution in [-0.4, -0.2) is 43.9 Å². The molecular formula is C22H42O7S. The summed E-state index contributed by atoms with van der Waals surface area (Å²) in [5.41, 5.74) is 0. The first-order valence-corrected chi connectivity index (χ1v) is 13.2. The highest BCUT2D eigenvalue weighted by atomic mass is 32.2. The third-order valence-electron chi connectivity index (χ3n) is 4.89. The van der Waals surface area contributed by atoms with Gasteiger partial charge in [-0.1, -0.05) is 90.4 Å². The van der Waals surface area contributed by atoms with Crippen molar-refractivity contribution in [2.24, 2.45) is 0 Å². The van der Waals surface area contributed by atoms with Crippen LogP contribution in [-0.2, 0) is 29.2 Å². The normalized spacial score (nSPS) is 11.4. The van der Waals surface area contributed by atoms with Gasteiger partial charge in [-0.15, -0.1) is 0 Å². The Kier molecular flexibility index (Phi) is 19.0. The van der Waals surface area contributed by atoms with Crippen LogP contribution in [0.15, 0.2) is 0 Å². The lowest BCUT2D eigenvalue weighted by atomic mass is 10.0. The topological polar surface area (TPSA) is 107 Å². The van der Waals surface area contributed by atoms with E-state index in [9.17, 15) is 18.0 Å². The standard InChI is InChI=1S/C22H42O7S/c1-2-3-4-5-6-7-8-9-10-11-12-13-14-15-18-28-21(23)16-19-29-22(24)17-20-30(25,26)27/h2-20H2,1H3,(H,25,26,27). The van der Waals surface area contributed by atoms with E-state index >= 15 is 0 Å². The Morgan fingerprint density at radius 1 is 0.633 bits per heavy atom. The van der Waals surface area contributed by atoms with Gasteiger partial charge in [0.2, 0.25) is 0 Å². The zero-order chi connectivity index (χ0) is 22.5. The average Bonchev–Trinajstić information content (AvgIpc) is 2.69. The van der Waals surface area contributed by atoms with E-state index in [0.29, 0.717) is 6.61 Å². The minimum atomic E-state index is -4.19. The Balaban J connectivity index is 3.31. The number of rotatable bonds is 21. The molecule has 8 heteroatoms. The number of ether oxygens (including phenoxy) is 2. The fourth-order valence-corrected chi connectivity index (χ4v) is 3.51. The molecule has 0 unspecified atom stereocenters. The number of esters is 2. The van der Waals surface area contributed by atoms with Crippen LogP contribution >= 0.6 is 0 Å². The molecule has 0 fully saturated rings. The maximum Gasteiger partial charge on any atom is 0.309 e. The molecule has 178 valence electrons. The van der Waals surface area contributed by atoms with E-state index in [1.165, 1.54) is 70.6 Å². The molecule has 0 rings (SSSR count). The molecule has 0 atom stereocenters. The summed E-state index contributed by atoms with van der Waals surface area (Å²) in [4.78, 5) is 22.8. The van der Waals surface area contributed by atoms with Gasteiger partial charge in [0, 0.05) is 0 Å². The van der Waals surface area contributed by atoms with Crippen molar-refractivity contribution in [3.8, 4) is 0 Å². The van der Waals surface area contributed by atoms with Crippen molar-refractivity contribution in [3.63, 3.8) is 0 Å². The van der Waals surface area contributed by atoms with Crippen molar-refractivity contribution >= 4 is 22.1 Å². The molecule has 0 saturated heterocycles. The molecule has 0 radical (unpaired) electrons. The highest BCUT2D eigenvalue weighted by molar-refractivity contribution is 7.85. The summed E-state index contributed by atoms with van der Waals surface area (Å²) < 4.78 is 39.4. The van der Waals surface area contributed by atoms with Crippen molar-refractivity contribution < 1.29 is 32.0 Å². The van der Waals surface area contributed by atoms with Gasteiger partial charge in [0.25, 0.3) is 10.1 Å². The highest BCUT2D eigenvalue weighted by Crippen LogP contribution is 2.13. The van der Waals surface area contributed by atoms with Gasteiger partial charge in [0.15, 0.2) is 0 Å². The fourth-order valence-electron chi connectivity index (χ4n) is 3.09. The van der Waals surface area contributed by atoms with Gasteiger partial charge in [0.1, 0.15) is 6.61 Å². The first-order valence-electron chi connectivity index (χ1n) is 11.6. The maximum absolute atomic E-state index is 11.5. The summed E-state index contributed by atoms with van der Waals surface area (Å²) >= 11 is 0. The minimum absolute atomic E-state index is 0.0593. The Hall–Kier alpha value is -1.15. The lowest BCUT2D eigenvalue weighted by Crippen LogP contribution is -2.15. The molecule has 0 amide bonds. The van der Waals surface area contributed by atoms with Crippen molar-refractivity contribution in [1.82, 2.24) is 0 Å². The second-order valence-corrected chi connectivity index (χ2v) is 9.40. The summed E-state index contributed by atoms with van der Waals surface area (Å²) in [6, 6.07) is 0. The number of carbonyl (C=O) groups excluding carboxylic acids is 2. The Morgan fingerprint density at radius 2 is 1.03 bits per heavy atom. The monoisotopic (exact) mass is 450 g/mol. The van der Waals surface area contributed by atoms with Crippen molar-refractivity contribution in [3.05, 3.63) is 0 Å². The molecule has 0 aliphatic rings. The molecule has 30 heavy (non-hydrogen) atoms. The van der Waals surface area contributed by atoms with Gasteiger partial charge in [-0.3, -0.25) is 14.1 Å².